The fraction of sp³-hybridized carbons (Fsp3) is 0.562. The molecular weight excluding hydrogens is 236 g/mol. The number of nitrogens with zero attached hydrogens (tertiary/aromatic N) is 2. The van der Waals surface area contributed by atoms with Gasteiger partial charge in [0.1, 0.15) is 5.75 Å². The van der Waals surface area contributed by atoms with Crippen LogP contribution in [0.1, 0.15) is 36.9 Å². The van der Waals surface area contributed by atoms with Crippen LogP contribution in [-0.4, -0.2) is 25.6 Å². The van der Waals surface area contributed by atoms with Crippen LogP contribution in [0.5, 0.6) is 5.75 Å². The fourth-order valence-electron chi connectivity index (χ4n) is 2.84. The summed E-state index contributed by atoms with van der Waals surface area (Å²) in [6.07, 6.45) is 3.03. The number of hydrogen-bond acceptors (Lipinski definition) is 3. The van der Waals surface area contributed by atoms with Crippen molar-refractivity contribution < 1.29 is 4.74 Å². The standard InChI is InChI=1S/C16H22N2O/c1-4-12(11-17)16(18(2)3)14-7-8-15-13(10-14)6-5-9-19-15/h7-8,10,12,16H,4-6,9H2,1-3H3. The zero-order valence-corrected chi connectivity index (χ0v) is 12.0. The summed E-state index contributed by atoms with van der Waals surface area (Å²) in [6, 6.07) is 8.98. The second-order valence-corrected chi connectivity index (χ2v) is 5.37. The average Bonchev–Trinajstić information content (AvgIpc) is 2.43. The number of hydrogen-bond donors (Lipinski definition) is 0. The van der Waals surface area contributed by atoms with Crippen LogP contribution in [0.15, 0.2) is 18.2 Å². The monoisotopic (exact) mass is 258 g/mol. The first kappa shape index (κ1) is 13.9. The summed E-state index contributed by atoms with van der Waals surface area (Å²) < 4.78 is 5.65. The van der Waals surface area contributed by atoms with Gasteiger partial charge in [-0.15, -0.1) is 0 Å². The van der Waals surface area contributed by atoms with E-state index in [0.717, 1.165) is 31.6 Å². The highest BCUT2D eigenvalue weighted by molar-refractivity contribution is 5.40. The maximum atomic E-state index is 9.34. The molecule has 3 nitrogen and oxygen atoms in total. The summed E-state index contributed by atoms with van der Waals surface area (Å²) in [4.78, 5) is 2.14. The normalized spacial score (nSPS) is 17.2. The van der Waals surface area contributed by atoms with E-state index in [4.69, 9.17) is 4.74 Å². The Kier molecular flexibility index (Phi) is 4.44. The quantitative estimate of drug-likeness (QED) is 0.832. The van der Waals surface area contributed by atoms with Gasteiger partial charge < -0.3 is 9.64 Å². The van der Waals surface area contributed by atoms with Gasteiger partial charge >= 0.3 is 0 Å². The third-order valence-corrected chi connectivity index (χ3v) is 3.82. The van der Waals surface area contributed by atoms with E-state index in [2.05, 4.69) is 36.1 Å². The molecule has 1 aromatic carbocycles. The summed E-state index contributed by atoms with van der Waals surface area (Å²) in [5.74, 6) is 1.04. The molecule has 102 valence electrons. The highest BCUT2D eigenvalue weighted by atomic mass is 16.5. The van der Waals surface area contributed by atoms with E-state index in [1.165, 1.54) is 11.1 Å². The summed E-state index contributed by atoms with van der Waals surface area (Å²) in [5, 5.41) is 9.34. The second kappa shape index (κ2) is 6.08. The van der Waals surface area contributed by atoms with Crippen molar-refractivity contribution in [3.8, 4) is 11.8 Å². The first-order valence-electron chi connectivity index (χ1n) is 6.99. The minimum Gasteiger partial charge on any atom is -0.493 e. The molecule has 0 radical (unpaired) electrons. The van der Waals surface area contributed by atoms with E-state index < -0.39 is 0 Å². The Hall–Kier alpha value is -1.53. The predicted molar refractivity (Wildman–Crippen MR) is 76.1 cm³/mol. The maximum absolute atomic E-state index is 9.34. The minimum absolute atomic E-state index is 0.0255. The van der Waals surface area contributed by atoms with Crippen LogP contribution in [0, 0.1) is 17.2 Å². The van der Waals surface area contributed by atoms with Crippen molar-refractivity contribution in [2.45, 2.75) is 32.2 Å². The van der Waals surface area contributed by atoms with Gasteiger partial charge in [0.2, 0.25) is 0 Å². The molecule has 1 aliphatic rings. The van der Waals surface area contributed by atoms with Crippen LogP contribution in [0.4, 0.5) is 0 Å². The molecule has 0 bridgehead atoms. The number of nitriles is 1. The lowest BCUT2D eigenvalue weighted by Crippen LogP contribution is -2.26. The zero-order chi connectivity index (χ0) is 13.8. The summed E-state index contributed by atoms with van der Waals surface area (Å²) in [7, 11) is 4.08. The molecular formula is C16H22N2O. The molecule has 0 fully saturated rings. The van der Waals surface area contributed by atoms with Crippen molar-refractivity contribution in [3.63, 3.8) is 0 Å². The van der Waals surface area contributed by atoms with Gasteiger partial charge in [-0.1, -0.05) is 19.1 Å². The molecule has 1 heterocycles. The highest BCUT2D eigenvalue weighted by Crippen LogP contribution is 2.33. The Bertz CT molecular complexity index is 476. The molecule has 19 heavy (non-hydrogen) atoms. The molecule has 0 saturated heterocycles. The zero-order valence-electron chi connectivity index (χ0n) is 12.0. The maximum Gasteiger partial charge on any atom is 0.122 e. The lowest BCUT2D eigenvalue weighted by molar-refractivity contribution is 0.240. The topological polar surface area (TPSA) is 36.3 Å². The van der Waals surface area contributed by atoms with Gasteiger partial charge in [-0.05, 0) is 50.6 Å². The van der Waals surface area contributed by atoms with E-state index in [-0.39, 0.29) is 12.0 Å². The Morgan fingerprint density at radius 1 is 1.42 bits per heavy atom. The van der Waals surface area contributed by atoms with Gasteiger partial charge in [-0.25, -0.2) is 0 Å². The molecule has 0 aromatic heterocycles. The van der Waals surface area contributed by atoms with E-state index in [0.29, 0.717) is 0 Å². The summed E-state index contributed by atoms with van der Waals surface area (Å²) >= 11 is 0. The number of benzene rings is 1. The Morgan fingerprint density at radius 3 is 2.84 bits per heavy atom. The van der Waals surface area contributed by atoms with Crippen molar-refractivity contribution in [3.05, 3.63) is 29.3 Å². The van der Waals surface area contributed by atoms with E-state index >= 15 is 0 Å². The second-order valence-electron chi connectivity index (χ2n) is 5.37. The van der Waals surface area contributed by atoms with Crippen molar-refractivity contribution in [2.24, 2.45) is 5.92 Å². The average molecular weight is 258 g/mol. The van der Waals surface area contributed by atoms with Crippen molar-refractivity contribution >= 4 is 0 Å². The molecule has 1 aliphatic heterocycles. The highest BCUT2D eigenvalue weighted by Gasteiger charge is 2.25. The molecule has 0 saturated carbocycles. The Balaban J connectivity index is 2.34. The van der Waals surface area contributed by atoms with Crippen LogP contribution in [0.3, 0.4) is 0 Å². The minimum atomic E-state index is 0.0255. The van der Waals surface area contributed by atoms with Gasteiger partial charge in [0, 0.05) is 0 Å². The molecule has 0 aliphatic carbocycles. The van der Waals surface area contributed by atoms with Crippen LogP contribution in [0.25, 0.3) is 0 Å². The largest absolute Gasteiger partial charge is 0.493 e. The van der Waals surface area contributed by atoms with E-state index in [1.54, 1.807) is 0 Å². The molecule has 2 unspecified atom stereocenters. The molecule has 0 spiro atoms. The molecule has 1 aromatic rings. The third kappa shape index (κ3) is 2.90. The smallest absolute Gasteiger partial charge is 0.122 e. The molecule has 2 rings (SSSR count). The fourth-order valence-corrected chi connectivity index (χ4v) is 2.84. The van der Waals surface area contributed by atoms with Crippen molar-refractivity contribution in [1.82, 2.24) is 4.90 Å². The Labute approximate surface area is 115 Å². The van der Waals surface area contributed by atoms with Crippen LogP contribution < -0.4 is 4.74 Å². The predicted octanol–water partition coefficient (Wildman–Crippen LogP) is 3.16. The lowest BCUT2D eigenvalue weighted by Gasteiger charge is -2.29. The number of rotatable bonds is 4. The lowest BCUT2D eigenvalue weighted by atomic mass is 9.89. The molecule has 0 amide bonds. The summed E-state index contributed by atoms with van der Waals surface area (Å²) in [5.41, 5.74) is 2.51. The first-order chi connectivity index (χ1) is 9.17. The number of fused-ring (bicyclic) bond motifs is 1. The number of ether oxygens (including phenoxy) is 1. The third-order valence-electron chi connectivity index (χ3n) is 3.82. The Morgan fingerprint density at radius 2 is 2.21 bits per heavy atom. The van der Waals surface area contributed by atoms with Crippen molar-refractivity contribution in [2.75, 3.05) is 20.7 Å². The van der Waals surface area contributed by atoms with Gasteiger partial charge in [-0.2, -0.15) is 5.26 Å². The molecule has 3 heteroatoms. The number of aryl methyl sites for hydroxylation is 1. The van der Waals surface area contributed by atoms with Crippen LogP contribution >= 0.6 is 0 Å². The molecule has 2 atom stereocenters. The van der Waals surface area contributed by atoms with E-state index in [1.807, 2.05) is 14.1 Å². The first-order valence-corrected chi connectivity index (χ1v) is 6.99. The van der Waals surface area contributed by atoms with Gasteiger partial charge in [0.25, 0.3) is 0 Å². The van der Waals surface area contributed by atoms with Crippen LogP contribution in [-0.2, 0) is 6.42 Å². The van der Waals surface area contributed by atoms with Gasteiger partial charge in [-0.3, -0.25) is 0 Å². The van der Waals surface area contributed by atoms with Crippen molar-refractivity contribution in [1.29, 1.82) is 5.26 Å². The van der Waals surface area contributed by atoms with Crippen LogP contribution in [0.2, 0.25) is 0 Å². The SMILES string of the molecule is CCC(C#N)C(c1ccc2c(c1)CCCO2)N(C)C. The van der Waals surface area contributed by atoms with Gasteiger partial charge in [0.15, 0.2) is 0 Å². The van der Waals surface area contributed by atoms with Gasteiger partial charge in [0.05, 0.1) is 24.6 Å². The molecule has 0 N–H and O–H groups in total. The summed E-state index contributed by atoms with van der Waals surface area (Å²) in [6.45, 7) is 2.89. The van der Waals surface area contributed by atoms with E-state index in [9.17, 15) is 5.26 Å².